The van der Waals surface area contributed by atoms with Gasteiger partial charge < -0.3 is 24.8 Å². The fourth-order valence-electron chi connectivity index (χ4n) is 7.13. The van der Waals surface area contributed by atoms with Crippen LogP contribution in [0.25, 0.3) is 8.85 Å². The number of benzene rings is 3. The van der Waals surface area contributed by atoms with Gasteiger partial charge in [-0.15, -0.1) is 0 Å². The van der Waals surface area contributed by atoms with Crippen molar-refractivity contribution in [3.05, 3.63) is 153 Å². The molecule has 0 saturated heterocycles. The van der Waals surface area contributed by atoms with Crippen molar-refractivity contribution < 1.29 is 47.6 Å². The van der Waals surface area contributed by atoms with Crippen molar-refractivity contribution in [3.63, 3.8) is 0 Å². The van der Waals surface area contributed by atoms with Crippen LogP contribution in [0.15, 0.2) is 126 Å². The van der Waals surface area contributed by atoms with Crippen molar-refractivity contribution in [1.29, 1.82) is 0 Å². The molecule has 0 saturated carbocycles. The molecule has 0 amide bonds. The minimum atomic E-state index is -1.32. The summed E-state index contributed by atoms with van der Waals surface area (Å²) < 4.78 is 3.20. The average molecular weight is 698 g/mol. The van der Waals surface area contributed by atoms with E-state index in [2.05, 4.69) is 158 Å². The van der Waals surface area contributed by atoms with Gasteiger partial charge in [-0.3, -0.25) is 0 Å². The van der Waals surface area contributed by atoms with Crippen LogP contribution in [0.3, 0.4) is 0 Å². The van der Waals surface area contributed by atoms with Gasteiger partial charge >= 0.3 is 265 Å². The quantitative estimate of drug-likeness (QED) is 0.385. The largest absolute Gasteiger partial charge is 1.00 e. The second-order valence-corrected chi connectivity index (χ2v) is 17.1. The van der Waals surface area contributed by atoms with Crippen LogP contribution in [0.2, 0.25) is 0 Å². The average Bonchev–Trinajstić information content (AvgIpc) is 3.61. The summed E-state index contributed by atoms with van der Waals surface area (Å²) in [5, 5.41) is 2.91. The predicted molar refractivity (Wildman–Crippen MR) is 177 cm³/mol. The summed E-state index contributed by atoms with van der Waals surface area (Å²) >= 11 is -1.32. The smallest absolute Gasteiger partial charge is 1.00 e. The Morgan fingerprint density at radius 2 is 1.41 bits per heavy atom. The Bertz CT molecular complexity index is 1780. The molecular weight excluding hydrogens is 655 g/mol. The van der Waals surface area contributed by atoms with Crippen molar-refractivity contribution in [2.45, 2.75) is 66.7 Å². The molecule has 1 unspecified atom stereocenters. The summed E-state index contributed by atoms with van der Waals surface area (Å²) in [7, 11) is 0. The van der Waals surface area contributed by atoms with Gasteiger partial charge in [0.2, 0.25) is 0 Å². The van der Waals surface area contributed by atoms with Crippen LogP contribution < -0.4 is 35.3 Å². The first-order valence-corrected chi connectivity index (χ1v) is 18.0. The molecule has 0 spiro atoms. The van der Waals surface area contributed by atoms with Crippen LogP contribution >= 0.6 is 0 Å². The molecule has 44 heavy (non-hydrogen) atoms. The zero-order valence-corrected chi connectivity index (χ0v) is 31.0. The molecule has 3 aliphatic carbocycles. The van der Waals surface area contributed by atoms with Gasteiger partial charge in [-0.2, -0.15) is 0 Å². The normalized spacial score (nSPS) is 18.7. The zero-order chi connectivity index (χ0) is 29.7. The van der Waals surface area contributed by atoms with Crippen LogP contribution in [-0.4, -0.2) is 3.21 Å². The van der Waals surface area contributed by atoms with Crippen molar-refractivity contribution in [1.82, 2.24) is 0 Å². The molecule has 1 atom stereocenters. The Balaban J connectivity index is 0.00000221. The summed E-state index contributed by atoms with van der Waals surface area (Å²) in [5.74, 6) is 0. The van der Waals surface area contributed by atoms with Gasteiger partial charge in [0.1, 0.15) is 0 Å². The van der Waals surface area contributed by atoms with Crippen molar-refractivity contribution in [3.8, 4) is 0 Å². The number of hydrogen-bond acceptors (Lipinski definition) is 0. The minimum Gasteiger partial charge on any atom is -1.00 e. The number of allylic oxidation sites excluding steroid dienone is 8. The van der Waals surface area contributed by atoms with Gasteiger partial charge in [0, 0.05) is 0 Å². The monoisotopic (exact) mass is 695 g/mol. The molecule has 0 nitrogen and oxygen atoms in total. The fraction of sp³-hybridized carbons (Fsp3) is 0.293. The van der Waals surface area contributed by atoms with E-state index in [4.69, 9.17) is 0 Å². The topological polar surface area (TPSA) is 0 Å². The molecular formula is C41H43Cl2Zr. The van der Waals surface area contributed by atoms with E-state index in [1.54, 1.807) is 17.6 Å². The van der Waals surface area contributed by atoms with Crippen molar-refractivity contribution in [2.75, 3.05) is 0 Å². The number of hydrogen-bond donors (Lipinski definition) is 0. The second kappa shape index (κ2) is 13.2. The standard InChI is InChI=1S/C28H33.C13H10.2ClH.Zr/c1-8-28(27(5,6)7)16-15-23-22-14-13-21(26(2,3)4)17-20(22)18-24(23)25(28)19-11-9-10-12-19;1-3-7-12(8-4-1)11-13-9-5-2-6-10-13;;;/h9-11,13-17H,8,12H2,1-7H3;1-10H;2*1H;/q;;;;+2/p-2. The van der Waals surface area contributed by atoms with Crippen LogP contribution in [0.1, 0.15) is 78.0 Å². The van der Waals surface area contributed by atoms with Gasteiger partial charge in [-0.25, -0.2) is 0 Å². The third-order valence-electron chi connectivity index (χ3n) is 9.56. The maximum Gasteiger partial charge on any atom is -1.00 e. The van der Waals surface area contributed by atoms with E-state index in [0.29, 0.717) is 0 Å². The molecule has 6 rings (SSSR count). The Kier molecular flexibility index (Phi) is 10.4. The molecule has 0 aliphatic heterocycles. The van der Waals surface area contributed by atoms with Crippen molar-refractivity contribution >= 4 is 12.1 Å². The Morgan fingerprint density at radius 3 is 1.91 bits per heavy atom. The number of fused-ring (bicyclic) bond motifs is 2. The van der Waals surface area contributed by atoms with E-state index in [1.165, 1.54) is 38.3 Å². The van der Waals surface area contributed by atoms with Gasteiger partial charge in [0.05, 0.1) is 0 Å². The molecule has 3 aliphatic rings. The Morgan fingerprint density at radius 1 is 0.795 bits per heavy atom. The van der Waals surface area contributed by atoms with E-state index in [1.807, 2.05) is 0 Å². The fourth-order valence-corrected chi connectivity index (χ4v) is 11.1. The van der Waals surface area contributed by atoms with Gasteiger partial charge in [-0.05, 0) is 0 Å². The molecule has 0 radical (unpaired) electrons. The summed E-state index contributed by atoms with van der Waals surface area (Å²) in [6.45, 7) is 16.8. The molecule has 0 heterocycles. The van der Waals surface area contributed by atoms with E-state index < -0.39 is 22.8 Å². The summed E-state index contributed by atoms with van der Waals surface area (Å²) in [6, 6.07) is 29.7. The minimum absolute atomic E-state index is 0. The van der Waals surface area contributed by atoms with Crippen LogP contribution in [-0.2, 0) is 28.2 Å². The van der Waals surface area contributed by atoms with Gasteiger partial charge in [0.25, 0.3) is 0 Å². The SMILES string of the molecule is CCC1(C(C)(C)C)C=CC2=c3ccc(C(C)(C)C)cc3=[C]([Zr+2]=[C](c3ccccc3)c3ccccc3)C2=C1C1=CC=CC1.[Cl-].[Cl-]. The van der Waals surface area contributed by atoms with Gasteiger partial charge in [0.15, 0.2) is 0 Å². The van der Waals surface area contributed by atoms with Crippen LogP contribution in [0.5, 0.6) is 0 Å². The third kappa shape index (κ3) is 5.98. The second-order valence-electron chi connectivity index (χ2n) is 14.0. The number of rotatable bonds is 5. The summed E-state index contributed by atoms with van der Waals surface area (Å²) in [4.78, 5) is 0. The first-order chi connectivity index (χ1) is 20.0. The van der Waals surface area contributed by atoms with E-state index in [-0.39, 0.29) is 41.1 Å². The molecule has 3 aromatic carbocycles. The van der Waals surface area contributed by atoms with Crippen LogP contribution in [0, 0.1) is 10.8 Å². The molecule has 0 fully saturated rings. The summed E-state index contributed by atoms with van der Waals surface area (Å²) in [5.41, 5.74) is 10.4. The Labute approximate surface area is 288 Å². The summed E-state index contributed by atoms with van der Waals surface area (Å²) in [6.07, 6.45) is 14.2. The molecule has 0 bridgehead atoms. The first kappa shape index (κ1) is 34.6. The maximum atomic E-state index is 2.58. The van der Waals surface area contributed by atoms with E-state index in [9.17, 15) is 0 Å². The third-order valence-corrected chi connectivity index (χ3v) is 13.5. The zero-order valence-electron chi connectivity index (χ0n) is 27.1. The van der Waals surface area contributed by atoms with Crippen LogP contribution in [0.4, 0.5) is 0 Å². The van der Waals surface area contributed by atoms with E-state index >= 15 is 0 Å². The molecule has 3 heteroatoms. The first-order valence-electron chi connectivity index (χ1n) is 15.5. The van der Waals surface area contributed by atoms with Crippen molar-refractivity contribution in [2.24, 2.45) is 10.8 Å². The molecule has 0 N–H and O–H groups in total. The molecule has 3 aromatic rings. The maximum absolute atomic E-state index is 2.58. The number of halogens is 2. The molecule has 225 valence electrons. The van der Waals surface area contributed by atoms with E-state index in [0.717, 1.165) is 12.8 Å². The van der Waals surface area contributed by atoms with Gasteiger partial charge in [-0.1, -0.05) is 0 Å². The predicted octanol–water partition coefficient (Wildman–Crippen LogP) is 2.81. The molecule has 0 aromatic heterocycles. The Hall–Kier alpha value is -2.31.